The van der Waals surface area contributed by atoms with E-state index in [9.17, 15) is 4.79 Å². The second kappa shape index (κ2) is 6.31. The number of rotatable bonds is 3. The molecule has 1 aliphatic rings. The van der Waals surface area contributed by atoms with E-state index in [1.165, 1.54) is 0 Å². The van der Waals surface area contributed by atoms with Crippen LogP contribution in [0.3, 0.4) is 0 Å². The van der Waals surface area contributed by atoms with Crippen molar-refractivity contribution in [2.75, 3.05) is 19.7 Å². The van der Waals surface area contributed by atoms with Crippen molar-refractivity contribution in [3.8, 4) is 0 Å². The third-order valence-electron chi connectivity index (χ3n) is 2.76. The molecule has 0 aromatic rings. The van der Waals surface area contributed by atoms with Gasteiger partial charge in [-0.25, -0.2) is 4.79 Å². The highest BCUT2D eigenvalue weighted by atomic mass is 35.5. The van der Waals surface area contributed by atoms with Crippen LogP contribution in [0.1, 0.15) is 47.5 Å². The molecule has 4 nitrogen and oxygen atoms in total. The number of carbonyl (C=O) groups is 1. The lowest BCUT2D eigenvalue weighted by Gasteiger charge is -2.34. The molecule has 0 aromatic heterocycles. The Morgan fingerprint density at radius 1 is 1.21 bits per heavy atom. The second-order valence-electron chi connectivity index (χ2n) is 6.70. The molecule has 1 heterocycles. The molecule has 5 heteroatoms. The van der Waals surface area contributed by atoms with E-state index in [1.807, 2.05) is 34.6 Å². The smallest absolute Gasteiger partial charge is 0.410 e. The van der Waals surface area contributed by atoms with Gasteiger partial charge in [-0.2, -0.15) is 0 Å². The van der Waals surface area contributed by atoms with E-state index in [0.29, 0.717) is 19.7 Å². The average molecular weight is 292 g/mol. The summed E-state index contributed by atoms with van der Waals surface area (Å²) in [6.45, 7) is 11.4. The zero-order chi connectivity index (χ0) is 14.7. The van der Waals surface area contributed by atoms with E-state index in [1.54, 1.807) is 4.90 Å². The van der Waals surface area contributed by atoms with Crippen LogP contribution in [0.15, 0.2) is 0 Å². The maximum Gasteiger partial charge on any atom is 0.410 e. The first-order chi connectivity index (χ1) is 8.57. The molecule has 1 amide bonds. The molecule has 0 N–H and O–H groups in total. The van der Waals surface area contributed by atoms with Gasteiger partial charge in [0.1, 0.15) is 5.60 Å². The van der Waals surface area contributed by atoms with Crippen molar-refractivity contribution in [1.82, 2.24) is 4.90 Å². The van der Waals surface area contributed by atoms with Crippen LogP contribution in [-0.2, 0) is 9.47 Å². The minimum absolute atomic E-state index is 0.191. The van der Waals surface area contributed by atoms with Crippen molar-refractivity contribution in [2.24, 2.45) is 0 Å². The van der Waals surface area contributed by atoms with E-state index in [2.05, 4.69) is 0 Å². The fraction of sp³-hybridized carbons (Fsp3) is 0.929. The Balaban J connectivity index is 2.31. The molecule has 0 bridgehead atoms. The normalized spacial score (nSPS) is 18.5. The van der Waals surface area contributed by atoms with Crippen molar-refractivity contribution < 1.29 is 14.3 Å². The summed E-state index contributed by atoms with van der Waals surface area (Å²) in [5.41, 5.74) is -0.437. The lowest BCUT2D eigenvalue weighted by molar-refractivity contribution is -0.0155. The zero-order valence-electron chi connectivity index (χ0n) is 12.7. The predicted molar refractivity (Wildman–Crippen MR) is 76.7 cm³/mol. The van der Waals surface area contributed by atoms with E-state index in [-0.39, 0.29) is 17.1 Å². The summed E-state index contributed by atoms with van der Waals surface area (Å²) >= 11 is 6.09. The van der Waals surface area contributed by atoms with Crippen LogP contribution in [-0.4, -0.2) is 47.3 Å². The lowest BCUT2D eigenvalue weighted by atomic mass is 10.1. The maximum absolute atomic E-state index is 11.9. The number of carbonyl (C=O) groups excluding carboxylic acids is 1. The Labute approximate surface area is 121 Å². The Hall–Kier alpha value is -0.480. The minimum atomic E-state index is -0.437. The molecule has 0 aromatic carbocycles. The van der Waals surface area contributed by atoms with Crippen molar-refractivity contribution in [1.29, 1.82) is 0 Å². The number of halogens is 1. The molecule has 0 radical (unpaired) electrons. The van der Waals surface area contributed by atoms with Crippen LogP contribution in [0.5, 0.6) is 0 Å². The van der Waals surface area contributed by atoms with Gasteiger partial charge in [0.25, 0.3) is 0 Å². The zero-order valence-corrected chi connectivity index (χ0v) is 13.4. The number of nitrogens with zero attached hydrogens (tertiary/aromatic N) is 1. The Kier molecular flexibility index (Phi) is 5.51. The SMILES string of the molecule is CC(C)(Cl)COC1CCN(C(=O)OC(C)(C)C)CC1. The third-order valence-corrected chi connectivity index (χ3v) is 2.87. The summed E-state index contributed by atoms with van der Waals surface area (Å²) in [7, 11) is 0. The van der Waals surface area contributed by atoms with Gasteiger partial charge < -0.3 is 14.4 Å². The first-order valence-corrected chi connectivity index (χ1v) is 7.23. The Morgan fingerprint density at radius 3 is 2.16 bits per heavy atom. The highest BCUT2D eigenvalue weighted by Gasteiger charge is 2.28. The summed E-state index contributed by atoms with van der Waals surface area (Å²) in [5.74, 6) is 0. The van der Waals surface area contributed by atoms with Gasteiger partial charge in [0, 0.05) is 13.1 Å². The number of hydrogen-bond acceptors (Lipinski definition) is 3. The van der Waals surface area contributed by atoms with Gasteiger partial charge in [-0.3, -0.25) is 0 Å². The Morgan fingerprint density at radius 2 is 1.74 bits per heavy atom. The van der Waals surface area contributed by atoms with Crippen LogP contribution in [0.2, 0.25) is 0 Å². The molecule has 0 aliphatic carbocycles. The summed E-state index contributed by atoms with van der Waals surface area (Å²) in [5, 5.41) is 0. The summed E-state index contributed by atoms with van der Waals surface area (Å²) < 4.78 is 11.1. The molecule has 112 valence electrons. The first kappa shape index (κ1) is 16.6. The van der Waals surface area contributed by atoms with Crippen LogP contribution in [0.4, 0.5) is 4.79 Å². The maximum atomic E-state index is 11.9. The lowest BCUT2D eigenvalue weighted by Crippen LogP contribution is -2.44. The molecule has 19 heavy (non-hydrogen) atoms. The third kappa shape index (κ3) is 7.02. The highest BCUT2D eigenvalue weighted by molar-refractivity contribution is 6.23. The van der Waals surface area contributed by atoms with Crippen LogP contribution in [0.25, 0.3) is 0 Å². The van der Waals surface area contributed by atoms with E-state index in [4.69, 9.17) is 21.1 Å². The van der Waals surface area contributed by atoms with Crippen molar-refractivity contribution in [3.05, 3.63) is 0 Å². The molecule has 1 rings (SSSR count). The highest BCUT2D eigenvalue weighted by Crippen LogP contribution is 2.20. The van der Waals surface area contributed by atoms with E-state index < -0.39 is 5.60 Å². The fourth-order valence-electron chi connectivity index (χ4n) is 1.85. The van der Waals surface area contributed by atoms with Gasteiger partial charge in [-0.1, -0.05) is 0 Å². The van der Waals surface area contributed by atoms with Crippen LogP contribution >= 0.6 is 11.6 Å². The van der Waals surface area contributed by atoms with E-state index >= 15 is 0 Å². The van der Waals surface area contributed by atoms with Gasteiger partial charge in [-0.05, 0) is 47.5 Å². The quantitative estimate of drug-likeness (QED) is 0.748. The molecule has 0 saturated carbocycles. The molecule has 0 unspecified atom stereocenters. The molecule has 0 spiro atoms. The number of amides is 1. The second-order valence-corrected chi connectivity index (χ2v) is 7.72. The van der Waals surface area contributed by atoms with E-state index in [0.717, 1.165) is 12.8 Å². The van der Waals surface area contributed by atoms with Crippen molar-refractivity contribution >= 4 is 17.7 Å². The number of piperidine rings is 1. The van der Waals surface area contributed by atoms with Gasteiger partial charge in [0.05, 0.1) is 17.6 Å². The molecule has 1 aliphatic heterocycles. The number of ether oxygens (including phenoxy) is 2. The molecule has 0 atom stereocenters. The monoisotopic (exact) mass is 291 g/mol. The van der Waals surface area contributed by atoms with Gasteiger partial charge in [0.2, 0.25) is 0 Å². The first-order valence-electron chi connectivity index (χ1n) is 6.85. The summed E-state index contributed by atoms with van der Waals surface area (Å²) in [6.07, 6.45) is 1.64. The minimum Gasteiger partial charge on any atom is -0.444 e. The molecule has 1 saturated heterocycles. The standard InChI is InChI=1S/C14H26ClNO3/c1-13(2,3)19-12(17)16-8-6-11(7-9-16)18-10-14(4,5)15/h11H,6-10H2,1-5H3. The average Bonchev–Trinajstić information content (AvgIpc) is 2.23. The fourth-order valence-corrected chi connectivity index (χ4v) is 1.91. The number of alkyl halides is 1. The molecular weight excluding hydrogens is 266 g/mol. The van der Waals surface area contributed by atoms with Crippen molar-refractivity contribution in [2.45, 2.75) is 64.0 Å². The van der Waals surface area contributed by atoms with Crippen LogP contribution < -0.4 is 0 Å². The summed E-state index contributed by atoms with van der Waals surface area (Å²) in [4.78, 5) is 13.3. The van der Waals surface area contributed by atoms with Crippen LogP contribution in [0, 0.1) is 0 Å². The summed E-state index contributed by atoms with van der Waals surface area (Å²) in [6, 6.07) is 0. The number of hydrogen-bond donors (Lipinski definition) is 0. The van der Waals surface area contributed by atoms with Gasteiger partial charge >= 0.3 is 6.09 Å². The van der Waals surface area contributed by atoms with Gasteiger partial charge in [-0.15, -0.1) is 11.6 Å². The largest absolute Gasteiger partial charge is 0.444 e. The predicted octanol–water partition coefficient (Wildman–Crippen LogP) is 3.42. The van der Waals surface area contributed by atoms with Gasteiger partial charge in [0.15, 0.2) is 0 Å². The number of likely N-dealkylation sites (tertiary alicyclic amines) is 1. The topological polar surface area (TPSA) is 38.8 Å². The molecular formula is C14H26ClNO3. The van der Waals surface area contributed by atoms with Crippen molar-refractivity contribution in [3.63, 3.8) is 0 Å². The Bertz CT molecular complexity index is 299. The molecule has 1 fully saturated rings.